The van der Waals surface area contributed by atoms with Gasteiger partial charge in [-0.05, 0) is 60.3 Å². The number of anilines is 1. The topological polar surface area (TPSA) is 86.9 Å². The Hall–Kier alpha value is -3.52. The SMILES string of the molecule is CCC(NC(=O)c1ccc2[nH]nc(NC(=O)c3ccc(F)cc3)c2c1)c1cccs1. The van der Waals surface area contributed by atoms with E-state index < -0.39 is 11.7 Å². The number of amides is 2. The summed E-state index contributed by atoms with van der Waals surface area (Å²) in [5, 5.41) is 15.3. The number of aromatic nitrogens is 2. The van der Waals surface area contributed by atoms with Crippen LogP contribution in [-0.4, -0.2) is 22.0 Å². The Bertz CT molecular complexity index is 1190. The van der Waals surface area contributed by atoms with Gasteiger partial charge in [0.15, 0.2) is 5.82 Å². The van der Waals surface area contributed by atoms with Gasteiger partial charge in [0.05, 0.1) is 11.6 Å². The molecule has 2 aromatic carbocycles. The minimum atomic E-state index is -0.416. The highest BCUT2D eigenvalue weighted by atomic mass is 32.1. The van der Waals surface area contributed by atoms with E-state index in [4.69, 9.17) is 0 Å². The number of aromatic amines is 1. The highest BCUT2D eigenvalue weighted by molar-refractivity contribution is 7.10. The molecule has 30 heavy (non-hydrogen) atoms. The van der Waals surface area contributed by atoms with Crippen LogP contribution in [0.15, 0.2) is 60.0 Å². The van der Waals surface area contributed by atoms with Crippen LogP contribution in [0.3, 0.4) is 0 Å². The highest BCUT2D eigenvalue weighted by Crippen LogP contribution is 2.25. The molecule has 2 amide bonds. The molecule has 0 spiro atoms. The zero-order chi connectivity index (χ0) is 21.1. The molecule has 8 heteroatoms. The largest absolute Gasteiger partial charge is 0.344 e. The summed E-state index contributed by atoms with van der Waals surface area (Å²) in [6, 6.07) is 14.3. The van der Waals surface area contributed by atoms with Crippen LogP contribution in [0.25, 0.3) is 10.9 Å². The van der Waals surface area contributed by atoms with Crippen LogP contribution in [0.1, 0.15) is 45.0 Å². The van der Waals surface area contributed by atoms with Crippen LogP contribution >= 0.6 is 11.3 Å². The second-order valence-corrected chi connectivity index (χ2v) is 7.72. The third kappa shape index (κ3) is 4.08. The minimum Gasteiger partial charge on any atom is -0.344 e. The molecule has 0 saturated heterocycles. The Kier molecular flexibility index (Phi) is 5.58. The van der Waals surface area contributed by atoms with Crippen molar-refractivity contribution in [1.82, 2.24) is 15.5 Å². The third-order valence-electron chi connectivity index (χ3n) is 4.76. The van der Waals surface area contributed by atoms with Crippen molar-refractivity contribution in [2.45, 2.75) is 19.4 Å². The highest BCUT2D eigenvalue weighted by Gasteiger charge is 2.17. The van der Waals surface area contributed by atoms with Gasteiger partial charge in [-0.1, -0.05) is 13.0 Å². The quantitative estimate of drug-likeness (QED) is 0.413. The van der Waals surface area contributed by atoms with Crippen LogP contribution in [0.5, 0.6) is 0 Å². The number of H-pyrrole nitrogens is 1. The Balaban J connectivity index is 1.55. The minimum absolute atomic E-state index is 0.0600. The molecule has 3 N–H and O–H groups in total. The number of nitrogens with one attached hydrogen (secondary N) is 3. The first-order chi connectivity index (χ1) is 14.5. The second kappa shape index (κ2) is 8.46. The van der Waals surface area contributed by atoms with E-state index in [9.17, 15) is 14.0 Å². The molecule has 0 aliphatic carbocycles. The molecule has 0 saturated carbocycles. The standard InChI is InChI=1S/C22H19FN4O2S/c1-2-17(19-4-3-11-30-19)24-22(29)14-7-10-18-16(12-14)20(27-26-18)25-21(28)13-5-8-15(23)9-6-13/h3-12,17H,2H2,1H3,(H,24,29)(H2,25,26,27,28). The first-order valence-corrected chi connectivity index (χ1v) is 10.3. The van der Waals surface area contributed by atoms with Crippen molar-refractivity contribution in [1.29, 1.82) is 0 Å². The van der Waals surface area contributed by atoms with Crippen molar-refractivity contribution in [2.75, 3.05) is 5.32 Å². The normalized spacial score (nSPS) is 11.9. The summed E-state index contributed by atoms with van der Waals surface area (Å²) >= 11 is 1.60. The van der Waals surface area contributed by atoms with Crippen molar-refractivity contribution in [3.63, 3.8) is 0 Å². The summed E-state index contributed by atoms with van der Waals surface area (Å²) in [4.78, 5) is 26.3. The molecule has 1 unspecified atom stereocenters. The van der Waals surface area contributed by atoms with E-state index in [1.54, 1.807) is 29.5 Å². The number of carbonyl (C=O) groups excluding carboxylic acids is 2. The monoisotopic (exact) mass is 422 g/mol. The van der Waals surface area contributed by atoms with Crippen LogP contribution in [0.2, 0.25) is 0 Å². The van der Waals surface area contributed by atoms with Crippen molar-refractivity contribution in [3.05, 3.63) is 81.8 Å². The second-order valence-electron chi connectivity index (χ2n) is 6.74. The van der Waals surface area contributed by atoms with E-state index in [1.807, 2.05) is 24.4 Å². The number of nitrogens with zero attached hydrogens (tertiary/aromatic N) is 1. The number of benzene rings is 2. The first kappa shape index (κ1) is 19.8. The van der Waals surface area contributed by atoms with E-state index in [-0.39, 0.29) is 11.9 Å². The molecule has 2 aromatic heterocycles. The lowest BCUT2D eigenvalue weighted by atomic mass is 10.1. The van der Waals surface area contributed by atoms with Gasteiger partial charge in [-0.25, -0.2) is 4.39 Å². The lowest BCUT2D eigenvalue weighted by Crippen LogP contribution is -2.27. The smallest absolute Gasteiger partial charge is 0.256 e. The zero-order valence-electron chi connectivity index (χ0n) is 16.1. The van der Waals surface area contributed by atoms with Crippen LogP contribution in [0.4, 0.5) is 10.2 Å². The predicted molar refractivity (Wildman–Crippen MR) is 115 cm³/mol. The third-order valence-corrected chi connectivity index (χ3v) is 5.75. The van der Waals surface area contributed by atoms with Crippen LogP contribution < -0.4 is 10.6 Å². The summed E-state index contributed by atoms with van der Waals surface area (Å²) in [5.74, 6) is -0.726. The molecule has 0 bridgehead atoms. The fourth-order valence-electron chi connectivity index (χ4n) is 3.14. The molecule has 0 radical (unpaired) electrons. The lowest BCUT2D eigenvalue weighted by molar-refractivity contribution is 0.0935. The average Bonchev–Trinajstić information content (AvgIpc) is 3.42. The molecule has 0 aliphatic heterocycles. The van der Waals surface area contributed by atoms with Crippen LogP contribution in [-0.2, 0) is 0 Å². The molecule has 4 aromatic rings. The molecule has 1 atom stereocenters. The number of carbonyl (C=O) groups is 2. The molecule has 0 fully saturated rings. The molecular weight excluding hydrogens is 403 g/mol. The Morgan fingerprint density at radius 2 is 1.87 bits per heavy atom. The van der Waals surface area contributed by atoms with E-state index in [0.717, 1.165) is 11.3 Å². The number of fused-ring (bicyclic) bond motifs is 1. The average molecular weight is 422 g/mol. The van der Waals surface area contributed by atoms with Gasteiger partial charge in [0, 0.05) is 21.4 Å². The van der Waals surface area contributed by atoms with Gasteiger partial charge in [0.2, 0.25) is 0 Å². The van der Waals surface area contributed by atoms with E-state index >= 15 is 0 Å². The molecular formula is C22H19FN4O2S. The van der Waals surface area contributed by atoms with Gasteiger partial charge in [0.1, 0.15) is 5.82 Å². The number of rotatable bonds is 6. The van der Waals surface area contributed by atoms with Crippen molar-refractivity contribution in [2.24, 2.45) is 0 Å². The molecule has 6 nitrogen and oxygen atoms in total. The maximum Gasteiger partial charge on any atom is 0.256 e. The number of halogens is 1. The molecule has 152 valence electrons. The lowest BCUT2D eigenvalue weighted by Gasteiger charge is -2.15. The van der Waals surface area contributed by atoms with Crippen LogP contribution in [0, 0.1) is 5.82 Å². The fraction of sp³-hybridized carbons (Fsp3) is 0.136. The van der Waals surface area contributed by atoms with Gasteiger partial charge in [-0.2, -0.15) is 5.10 Å². The van der Waals surface area contributed by atoms with Crippen molar-refractivity contribution >= 4 is 39.9 Å². The summed E-state index contributed by atoms with van der Waals surface area (Å²) in [7, 11) is 0. The fourth-order valence-corrected chi connectivity index (χ4v) is 4.00. The Labute approximate surface area is 176 Å². The maximum atomic E-state index is 13.1. The number of hydrogen-bond acceptors (Lipinski definition) is 4. The summed E-state index contributed by atoms with van der Waals surface area (Å²) in [6.45, 7) is 2.02. The van der Waals surface area contributed by atoms with E-state index in [2.05, 4.69) is 20.8 Å². The van der Waals surface area contributed by atoms with Gasteiger partial charge in [-0.3, -0.25) is 14.7 Å². The van der Waals surface area contributed by atoms with Gasteiger partial charge in [0.25, 0.3) is 11.8 Å². The molecule has 4 rings (SSSR count). The van der Waals surface area contributed by atoms with E-state index in [1.165, 1.54) is 24.3 Å². The summed E-state index contributed by atoms with van der Waals surface area (Å²) < 4.78 is 13.1. The Morgan fingerprint density at radius 3 is 2.57 bits per heavy atom. The maximum absolute atomic E-state index is 13.1. The number of hydrogen-bond donors (Lipinski definition) is 3. The Morgan fingerprint density at radius 1 is 1.10 bits per heavy atom. The van der Waals surface area contributed by atoms with E-state index in [0.29, 0.717) is 27.8 Å². The predicted octanol–water partition coefficient (Wildman–Crippen LogP) is 4.90. The van der Waals surface area contributed by atoms with Gasteiger partial charge < -0.3 is 10.6 Å². The first-order valence-electron chi connectivity index (χ1n) is 9.44. The van der Waals surface area contributed by atoms with Crippen molar-refractivity contribution in [3.8, 4) is 0 Å². The molecule has 0 aliphatic rings. The van der Waals surface area contributed by atoms with Crippen molar-refractivity contribution < 1.29 is 14.0 Å². The van der Waals surface area contributed by atoms with Gasteiger partial charge in [-0.15, -0.1) is 11.3 Å². The van der Waals surface area contributed by atoms with Gasteiger partial charge >= 0.3 is 0 Å². The molecule has 2 heterocycles. The summed E-state index contributed by atoms with van der Waals surface area (Å²) in [6.07, 6.45) is 0.777. The number of thiophene rings is 1. The zero-order valence-corrected chi connectivity index (χ0v) is 16.9. The summed E-state index contributed by atoms with van der Waals surface area (Å²) in [5.41, 5.74) is 1.46.